The molecule has 1 heterocycles. The van der Waals surface area contributed by atoms with Crippen LogP contribution in [0.4, 0.5) is 0 Å². The molecule has 1 aromatic carbocycles. The molecule has 0 aliphatic rings. The summed E-state index contributed by atoms with van der Waals surface area (Å²) < 4.78 is 5.39. The quantitative estimate of drug-likeness (QED) is 0.861. The summed E-state index contributed by atoms with van der Waals surface area (Å²) in [5.41, 5.74) is 3.53. The van der Waals surface area contributed by atoms with Crippen LogP contribution in [-0.2, 0) is 6.54 Å². The normalized spacial score (nSPS) is 12.2. The average Bonchev–Trinajstić information content (AvgIpc) is 2.89. The Labute approximate surface area is 123 Å². The number of hydrogen-bond acceptors (Lipinski definition) is 2. The monoisotopic (exact) mass is 291 g/mol. The summed E-state index contributed by atoms with van der Waals surface area (Å²) in [6.07, 6.45) is 0. The lowest BCUT2D eigenvalue weighted by Gasteiger charge is -2.06. The number of furan rings is 1. The lowest BCUT2D eigenvalue weighted by atomic mass is 10.1. The van der Waals surface area contributed by atoms with Gasteiger partial charge in [-0.1, -0.05) is 18.2 Å². The molecule has 0 saturated carbocycles. The van der Waals surface area contributed by atoms with Crippen LogP contribution in [0.5, 0.6) is 0 Å². The molecule has 0 bridgehead atoms. The SMILES string of the molecule is Cc1ccc(CNC(=O)c2ccc(C(C)Cl)o2)cc1C. The van der Waals surface area contributed by atoms with Crippen LogP contribution in [0.1, 0.15) is 45.3 Å². The minimum Gasteiger partial charge on any atom is -0.454 e. The van der Waals surface area contributed by atoms with E-state index in [0.717, 1.165) is 5.56 Å². The molecule has 20 heavy (non-hydrogen) atoms. The van der Waals surface area contributed by atoms with Crippen molar-refractivity contribution in [3.63, 3.8) is 0 Å². The molecule has 4 heteroatoms. The fourth-order valence-corrected chi connectivity index (χ4v) is 1.99. The number of rotatable bonds is 4. The number of aryl methyl sites for hydroxylation is 2. The fraction of sp³-hybridized carbons (Fsp3) is 0.312. The van der Waals surface area contributed by atoms with Gasteiger partial charge in [-0.15, -0.1) is 11.6 Å². The van der Waals surface area contributed by atoms with Crippen LogP contribution < -0.4 is 5.32 Å². The van der Waals surface area contributed by atoms with Gasteiger partial charge < -0.3 is 9.73 Å². The molecular formula is C16H18ClNO2. The summed E-state index contributed by atoms with van der Waals surface area (Å²) in [7, 11) is 0. The van der Waals surface area contributed by atoms with Gasteiger partial charge in [0.2, 0.25) is 0 Å². The number of amides is 1. The Morgan fingerprint density at radius 2 is 2.00 bits per heavy atom. The minimum atomic E-state index is -0.240. The summed E-state index contributed by atoms with van der Waals surface area (Å²) in [5.74, 6) is 0.658. The molecule has 2 aromatic rings. The molecule has 1 N–H and O–H groups in total. The Kier molecular flexibility index (Phi) is 4.50. The summed E-state index contributed by atoms with van der Waals surface area (Å²) in [6.45, 7) is 6.40. The third kappa shape index (κ3) is 3.42. The molecule has 1 atom stereocenters. The van der Waals surface area contributed by atoms with Crippen molar-refractivity contribution in [1.82, 2.24) is 5.32 Å². The average molecular weight is 292 g/mol. The zero-order valence-electron chi connectivity index (χ0n) is 11.9. The second-order valence-electron chi connectivity index (χ2n) is 4.92. The van der Waals surface area contributed by atoms with Crippen LogP contribution in [-0.4, -0.2) is 5.91 Å². The number of halogens is 1. The first-order valence-corrected chi connectivity index (χ1v) is 6.99. The fourth-order valence-electron chi connectivity index (χ4n) is 1.87. The third-order valence-corrected chi connectivity index (χ3v) is 3.48. The molecule has 2 rings (SSSR count). The number of carbonyl (C=O) groups excluding carboxylic acids is 1. The largest absolute Gasteiger partial charge is 0.454 e. The Morgan fingerprint density at radius 3 is 2.60 bits per heavy atom. The Morgan fingerprint density at radius 1 is 1.25 bits per heavy atom. The minimum absolute atomic E-state index is 0.230. The smallest absolute Gasteiger partial charge is 0.287 e. The van der Waals surface area contributed by atoms with Crippen LogP contribution in [0.2, 0.25) is 0 Å². The van der Waals surface area contributed by atoms with Crippen LogP contribution in [0.15, 0.2) is 34.7 Å². The number of hydrogen-bond donors (Lipinski definition) is 1. The van der Waals surface area contributed by atoms with Gasteiger partial charge in [-0.2, -0.15) is 0 Å². The highest BCUT2D eigenvalue weighted by Gasteiger charge is 2.13. The van der Waals surface area contributed by atoms with E-state index in [1.54, 1.807) is 19.1 Å². The molecule has 0 aliphatic heterocycles. The second kappa shape index (κ2) is 6.14. The maximum absolute atomic E-state index is 12.0. The summed E-state index contributed by atoms with van der Waals surface area (Å²) in [6, 6.07) is 9.50. The van der Waals surface area contributed by atoms with Crippen LogP contribution in [0.25, 0.3) is 0 Å². The molecule has 1 aromatic heterocycles. The first-order valence-electron chi connectivity index (χ1n) is 6.55. The topological polar surface area (TPSA) is 42.2 Å². The summed E-state index contributed by atoms with van der Waals surface area (Å²) in [4.78, 5) is 12.0. The maximum Gasteiger partial charge on any atom is 0.287 e. The van der Waals surface area contributed by atoms with Gasteiger partial charge in [0.05, 0.1) is 5.38 Å². The van der Waals surface area contributed by atoms with Crippen molar-refractivity contribution in [3.8, 4) is 0 Å². The van der Waals surface area contributed by atoms with E-state index in [1.807, 2.05) is 6.07 Å². The summed E-state index contributed by atoms with van der Waals surface area (Å²) >= 11 is 5.90. The van der Waals surface area contributed by atoms with E-state index in [1.165, 1.54) is 11.1 Å². The van der Waals surface area contributed by atoms with E-state index >= 15 is 0 Å². The molecule has 0 spiro atoms. The first-order chi connectivity index (χ1) is 9.47. The Hall–Kier alpha value is -1.74. The number of benzene rings is 1. The highest BCUT2D eigenvalue weighted by atomic mass is 35.5. The van der Waals surface area contributed by atoms with E-state index in [4.69, 9.17) is 16.0 Å². The van der Waals surface area contributed by atoms with Gasteiger partial charge in [-0.05, 0) is 49.6 Å². The van der Waals surface area contributed by atoms with E-state index in [2.05, 4.69) is 31.3 Å². The zero-order valence-corrected chi connectivity index (χ0v) is 12.6. The highest BCUT2D eigenvalue weighted by molar-refractivity contribution is 6.20. The van der Waals surface area contributed by atoms with Gasteiger partial charge in [-0.3, -0.25) is 4.79 Å². The lowest BCUT2D eigenvalue weighted by Crippen LogP contribution is -2.22. The number of nitrogens with one attached hydrogen (secondary N) is 1. The molecule has 0 fully saturated rings. The maximum atomic E-state index is 12.0. The molecule has 0 radical (unpaired) electrons. The van der Waals surface area contributed by atoms with Gasteiger partial charge in [-0.25, -0.2) is 0 Å². The number of alkyl halides is 1. The third-order valence-electron chi connectivity index (χ3n) is 3.27. The van der Waals surface area contributed by atoms with Crippen molar-refractivity contribution in [2.24, 2.45) is 0 Å². The molecule has 0 aliphatic carbocycles. The number of carbonyl (C=O) groups is 1. The van der Waals surface area contributed by atoms with Crippen molar-refractivity contribution in [2.75, 3.05) is 0 Å². The molecule has 106 valence electrons. The Balaban J connectivity index is 1.99. The molecular weight excluding hydrogens is 274 g/mol. The van der Waals surface area contributed by atoms with Gasteiger partial charge >= 0.3 is 0 Å². The van der Waals surface area contributed by atoms with Gasteiger partial charge in [0, 0.05) is 6.54 Å². The van der Waals surface area contributed by atoms with E-state index in [-0.39, 0.29) is 17.0 Å². The van der Waals surface area contributed by atoms with Gasteiger partial charge in [0.25, 0.3) is 5.91 Å². The van der Waals surface area contributed by atoms with E-state index in [0.29, 0.717) is 12.3 Å². The van der Waals surface area contributed by atoms with E-state index in [9.17, 15) is 4.79 Å². The lowest BCUT2D eigenvalue weighted by molar-refractivity contribution is 0.0921. The van der Waals surface area contributed by atoms with Crippen LogP contribution in [0, 0.1) is 13.8 Å². The van der Waals surface area contributed by atoms with Crippen LogP contribution in [0.3, 0.4) is 0 Å². The van der Waals surface area contributed by atoms with Crippen molar-refractivity contribution >= 4 is 17.5 Å². The summed E-state index contributed by atoms with van der Waals surface area (Å²) in [5, 5.41) is 2.60. The van der Waals surface area contributed by atoms with E-state index < -0.39 is 0 Å². The first kappa shape index (κ1) is 14.7. The van der Waals surface area contributed by atoms with Crippen molar-refractivity contribution < 1.29 is 9.21 Å². The van der Waals surface area contributed by atoms with Crippen molar-refractivity contribution in [1.29, 1.82) is 0 Å². The van der Waals surface area contributed by atoms with Gasteiger partial charge in [0.1, 0.15) is 5.76 Å². The molecule has 1 unspecified atom stereocenters. The second-order valence-corrected chi connectivity index (χ2v) is 5.57. The predicted octanol–water partition coefficient (Wildman–Crippen LogP) is 4.13. The molecule has 0 saturated heterocycles. The highest BCUT2D eigenvalue weighted by Crippen LogP contribution is 2.21. The predicted molar refractivity (Wildman–Crippen MR) is 80.1 cm³/mol. The molecule has 3 nitrogen and oxygen atoms in total. The zero-order chi connectivity index (χ0) is 14.7. The Bertz CT molecular complexity index is 617. The van der Waals surface area contributed by atoms with Crippen LogP contribution >= 0.6 is 11.6 Å². The van der Waals surface area contributed by atoms with Crippen molar-refractivity contribution in [2.45, 2.75) is 32.7 Å². The molecule has 1 amide bonds. The van der Waals surface area contributed by atoms with Gasteiger partial charge in [0.15, 0.2) is 5.76 Å². The standard InChI is InChI=1S/C16H18ClNO2/c1-10-4-5-13(8-11(10)2)9-18-16(19)15-7-6-14(20-15)12(3)17/h4-8,12H,9H2,1-3H3,(H,18,19). The van der Waals surface area contributed by atoms with Crippen molar-refractivity contribution in [3.05, 3.63) is 58.5 Å².